The molecular weight excluding hydrogens is 343 g/mol. The highest BCUT2D eigenvalue weighted by Crippen LogP contribution is 2.23. The highest BCUT2D eigenvalue weighted by atomic mass is 35.5. The van der Waals surface area contributed by atoms with E-state index in [2.05, 4.69) is 15.3 Å². The molecule has 3 heterocycles. The van der Waals surface area contributed by atoms with Gasteiger partial charge >= 0.3 is 0 Å². The average Bonchev–Trinajstić information content (AvgIpc) is 3.15. The SMILES string of the molecule is O=C(CCc1cn(-c2ccc(Cl)nc2)nn1)c1ccc(Cl)s1. The van der Waals surface area contributed by atoms with Gasteiger partial charge in [0.15, 0.2) is 5.78 Å². The van der Waals surface area contributed by atoms with E-state index in [0.29, 0.717) is 27.2 Å². The van der Waals surface area contributed by atoms with Crippen molar-refractivity contribution in [3.8, 4) is 5.69 Å². The van der Waals surface area contributed by atoms with Gasteiger partial charge in [-0.2, -0.15) is 0 Å². The van der Waals surface area contributed by atoms with E-state index in [0.717, 1.165) is 11.4 Å². The van der Waals surface area contributed by atoms with Crippen LogP contribution in [0.2, 0.25) is 9.49 Å². The van der Waals surface area contributed by atoms with Gasteiger partial charge in [0.25, 0.3) is 0 Å². The molecule has 5 nitrogen and oxygen atoms in total. The van der Waals surface area contributed by atoms with E-state index in [4.69, 9.17) is 23.2 Å². The fraction of sp³-hybridized carbons (Fsp3) is 0.143. The maximum absolute atomic E-state index is 12.0. The van der Waals surface area contributed by atoms with Crippen molar-refractivity contribution in [3.63, 3.8) is 0 Å². The third-order valence-corrected chi connectivity index (χ3v) is 4.47. The van der Waals surface area contributed by atoms with Crippen LogP contribution in [-0.2, 0) is 6.42 Å². The minimum atomic E-state index is 0.0552. The molecule has 0 bridgehead atoms. The molecule has 0 unspecified atom stereocenters. The lowest BCUT2D eigenvalue weighted by molar-refractivity contribution is 0.0986. The van der Waals surface area contributed by atoms with Crippen LogP contribution in [0.25, 0.3) is 5.69 Å². The zero-order valence-electron chi connectivity index (χ0n) is 11.2. The lowest BCUT2D eigenvalue weighted by Gasteiger charge is -1.98. The van der Waals surface area contributed by atoms with Crippen LogP contribution in [0, 0.1) is 0 Å². The van der Waals surface area contributed by atoms with Gasteiger partial charge in [-0.15, -0.1) is 16.4 Å². The fourth-order valence-electron chi connectivity index (χ4n) is 1.87. The molecule has 112 valence electrons. The zero-order valence-corrected chi connectivity index (χ0v) is 13.6. The quantitative estimate of drug-likeness (QED) is 0.516. The summed E-state index contributed by atoms with van der Waals surface area (Å²) in [5.74, 6) is 0.0552. The third-order valence-electron chi connectivity index (χ3n) is 2.97. The van der Waals surface area contributed by atoms with Gasteiger partial charge in [0, 0.05) is 12.8 Å². The van der Waals surface area contributed by atoms with Crippen molar-refractivity contribution in [2.45, 2.75) is 12.8 Å². The Morgan fingerprint density at radius 3 is 2.77 bits per heavy atom. The second-order valence-electron chi connectivity index (χ2n) is 4.52. The molecule has 3 rings (SSSR count). The number of halogens is 2. The van der Waals surface area contributed by atoms with Gasteiger partial charge in [0.05, 0.1) is 33.0 Å². The minimum Gasteiger partial charge on any atom is -0.293 e. The van der Waals surface area contributed by atoms with Crippen molar-refractivity contribution in [2.24, 2.45) is 0 Å². The summed E-state index contributed by atoms with van der Waals surface area (Å²) in [6, 6.07) is 6.95. The number of aromatic nitrogens is 4. The molecule has 3 aromatic heterocycles. The van der Waals surface area contributed by atoms with Gasteiger partial charge in [-0.3, -0.25) is 4.79 Å². The first-order chi connectivity index (χ1) is 10.6. The highest BCUT2D eigenvalue weighted by Gasteiger charge is 2.11. The van der Waals surface area contributed by atoms with Gasteiger partial charge in [0.1, 0.15) is 5.15 Å². The van der Waals surface area contributed by atoms with Gasteiger partial charge in [-0.1, -0.05) is 28.4 Å². The van der Waals surface area contributed by atoms with Crippen molar-refractivity contribution >= 4 is 40.3 Å². The zero-order chi connectivity index (χ0) is 15.5. The first kappa shape index (κ1) is 15.1. The largest absolute Gasteiger partial charge is 0.293 e. The average molecular weight is 353 g/mol. The summed E-state index contributed by atoms with van der Waals surface area (Å²) in [5.41, 5.74) is 1.51. The molecule has 0 spiro atoms. The number of aryl methyl sites for hydroxylation is 1. The molecule has 0 N–H and O–H groups in total. The maximum Gasteiger partial charge on any atom is 0.173 e. The number of hydrogen-bond donors (Lipinski definition) is 0. The normalized spacial score (nSPS) is 10.8. The number of rotatable bonds is 5. The Hall–Kier alpha value is -1.76. The Balaban J connectivity index is 1.64. The number of nitrogens with zero attached hydrogens (tertiary/aromatic N) is 4. The highest BCUT2D eigenvalue weighted by molar-refractivity contribution is 7.18. The number of hydrogen-bond acceptors (Lipinski definition) is 5. The van der Waals surface area contributed by atoms with Crippen molar-refractivity contribution < 1.29 is 4.79 Å². The predicted octanol–water partition coefficient (Wildman–Crippen LogP) is 3.85. The number of pyridine rings is 1. The second kappa shape index (κ2) is 6.56. The van der Waals surface area contributed by atoms with E-state index in [1.54, 1.807) is 41.3 Å². The molecule has 0 saturated carbocycles. The summed E-state index contributed by atoms with van der Waals surface area (Å²) in [4.78, 5) is 16.7. The third kappa shape index (κ3) is 3.52. The van der Waals surface area contributed by atoms with Crippen LogP contribution < -0.4 is 0 Å². The number of carbonyl (C=O) groups excluding carboxylic acids is 1. The summed E-state index contributed by atoms with van der Waals surface area (Å²) in [6.07, 6.45) is 4.28. The smallest absolute Gasteiger partial charge is 0.173 e. The molecule has 0 atom stereocenters. The molecule has 0 saturated heterocycles. The minimum absolute atomic E-state index is 0.0552. The number of carbonyl (C=O) groups is 1. The van der Waals surface area contributed by atoms with Crippen molar-refractivity contribution in [1.29, 1.82) is 0 Å². The van der Waals surface area contributed by atoms with Crippen LogP contribution in [0.5, 0.6) is 0 Å². The molecule has 0 aliphatic heterocycles. The Labute approximate surface area is 140 Å². The van der Waals surface area contributed by atoms with Crippen LogP contribution in [0.1, 0.15) is 21.8 Å². The standard InChI is InChI=1S/C14H10Cl2N4OS/c15-13-5-2-10(7-17-13)20-8-9(18-19-20)1-3-11(21)12-4-6-14(16)22-12/h2,4-8H,1,3H2. The summed E-state index contributed by atoms with van der Waals surface area (Å²) in [5, 5.41) is 8.51. The van der Waals surface area contributed by atoms with E-state index in [9.17, 15) is 4.79 Å². The molecule has 8 heteroatoms. The number of ketones is 1. The fourth-order valence-corrected chi connectivity index (χ4v) is 2.99. The van der Waals surface area contributed by atoms with Crippen LogP contribution in [0.4, 0.5) is 0 Å². The second-order valence-corrected chi connectivity index (χ2v) is 6.62. The van der Waals surface area contributed by atoms with Crippen molar-refractivity contribution in [1.82, 2.24) is 20.0 Å². The molecule has 0 fully saturated rings. The van der Waals surface area contributed by atoms with Crippen LogP contribution >= 0.6 is 34.5 Å². The topological polar surface area (TPSA) is 60.7 Å². The molecule has 22 heavy (non-hydrogen) atoms. The summed E-state index contributed by atoms with van der Waals surface area (Å²) >= 11 is 12.9. The van der Waals surface area contributed by atoms with Crippen LogP contribution in [0.3, 0.4) is 0 Å². The monoisotopic (exact) mass is 352 g/mol. The summed E-state index contributed by atoms with van der Waals surface area (Å²) in [6.45, 7) is 0. The lowest BCUT2D eigenvalue weighted by Crippen LogP contribution is -1.98. The van der Waals surface area contributed by atoms with E-state index >= 15 is 0 Å². The van der Waals surface area contributed by atoms with Crippen molar-refractivity contribution in [3.05, 3.63) is 56.7 Å². The first-order valence-electron chi connectivity index (χ1n) is 6.43. The Morgan fingerprint density at radius 2 is 2.09 bits per heavy atom. The Morgan fingerprint density at radius 1 is 1.23 bits per heavy atom. The van der Waals surface area contributed by atoms with E-state index in [-0.39, 0.29) is 5.78 Å². The van der Waals surface area contributed by atoms with Crippen LogP contribution in [-0.4, -0.2) is 25.8 Å². The van der Waals surface area contributed by atoms with Crippen LogP contribution in [0.15, 0.2) is 36.7 Å². The Bertz CT molecular complexity index is 797. The number of thiophene rings is 1. The van der Waals surface area contributed by atoms with Gasteiger partial charge < -0.3 is 0 Å². The van der Waals surface area contributed by atoms with E-state index in [1.807, 2.05) is 0 Å². The Kier molecular flexibility index (Phi) is 4.52. The van der Waals surface area contributed by atoms with Gasteiger partial charge in [-0.05, 0) is 24.3 Å². The van der Waals surface area contributed by atoms with E-state index in [1.165, 1.54) is 11.3 Å². The molecule has 3 aromatic rings. The van der Waals surface area contributed by atoms with Gasteiger partial charge in [-0.25, -0.2) is 9.67 Å². The predicted molar refractivity (Wildman–Crippen MR) is 86.1 cm³/mol. The number of Topliss-reactive ketones (excluding diaryl/α,β-unsaturated/α-hetero) is 1. The van der Waals surface area contributed by atoms with E-state index < -0.39 is 0 Å². The molecule has 0 radical (unpaired) electrons. The summed E-state index contributed by atoms with van der Waals surface area (Å²) in [7, 11) is 0. The van der Waals surface area contributed by atoms with Crippen molar-refractivity contribution in [2.75, 3.05) is 0 Å². The lowest BCUT2D eigenvalue weighted by atomic mass is 10.1. The molecule has 0 aliphatic rings. The maximum atomic E-state index is 12.0. The van der Waals surface area contributed by atoms with Gasteiger partial charge in [0.2, 0.25) is 0 Å². The molecule has 0 aliphatic carbocycles. The molecule has 0 aromatic carbocycles. The molecular formula is C14H10Cl2N4OS. The first-order valence-corrected chi connectivity index (χ1v) is 8.01. The summed E-state index contributed by atoms with van der Waals surface area (Å²) < 4.78 is 2.22. The molecule has 0 amide bonds.